The third-order valence-corrected chi connectivity index (χ3v) is 4.41. The summed E-state index contributed by atoms with van der Waals surface area (Å²) < 4.78 is 40.3. The molecule has 0 fully saturated rings. The van der Waals surface area contributed by atoms with Gasteiger partial charge < -0.3 is 0 Å². The lowest BCUT2D eigenvalue weighted by Crippen LogP contribution is -2.24. The van der Waals surface area contributed by atoms with Gasteiger partial charge in [0.25, 0.3) is 0 Å². The van der Waals surface area contributed by atoms with Crippen molar-refractivity contribution in [1.29, 1.82) is 0 Å². The van der Waals surface area contributed by atoms with Gasteiger partial charge in [0.05, 0.1) is 12.4 Å². The Labute approximate surface area is 128 Å². The van der Waals surface area contributed by atoms with Crippen LogP contribution in [0.1, 0.15) is 5.56 Å². The Kier molecular flexibility index (Phi) is 4.69. The van der Waals surface area contributed by atoms with Crippen molar-refractivity contribution in [1.82, 2.24) is 14.7 Å². The van der Waals surface area contributed by atoms with Crippen LogP contribution in [-0.4, -0.2) is 18.4 Å². The normalized spacial score (nSPS) is 11.6. The zero-order valence-electron chi connectivity index (χ0n) is 9.85. The van der Waals surface area contributed by atoms with Crippen LogP contribution >= 0.6 is 27.5 Å². The third kappa shape index (κ3) is 3.72. The molecule has 1 aromatic heterocycles. The molecule has 0 aliphatic heterocycles. The van der Waals surface area contributed by atoms with E-state index in [1.54, 1.807) is 0 Å². The molecule has 0 bridgehead atoms. The summed E-state index contributed by atoms with van der Waals surface area (Å²) in [7, 11) is -3.82. The largest absolute Gasteiger partial charge is 0.243 e. The molecule has 1 N–H and O–H groups in total. The van der Waals surface area contributed by atoms with E-state index in [0.29, 0.717) is 4.47 Å². The summed E-state index contributed by atoms with van der Waals surface area (Å²) in [6.07, 6.45) is 2.16. The number of sulfonamides is 1. The number of halogens is 3. The number of hydrogen-bond acceptors (Lipinski definition) is 4. The van der Waals surface area contributed by atoms with Crippen LogP contribution in [0.15, 0.2) is 40.0 Å². The first kappa shape index (κ1) is 15.3. The van der Waals surface area contributed by atoms with Gasteiger partial charge in [-0.05, 0) is 29.8 Å². The molecule has 9 heteroatoms. The minimum atomic E-state index is -3.82. The molecule has 0 unspecified atom stereocenters. The minimum Gasteiger partial charge on any atom is -0.225 e. The summed E-state index contributed by atoms with van der Waals surface area (Å²) in [5, 5.41) is -0.0537. The van der Waals surface area contributed by atoms with Gasteiger partial charge in [-0.1, -0.05) is 15.9 Å². The molecule has 0 saturated carbocycles. The second-order valence-corrected chi connectivity index (χ2v) is 6.77. The topological polar surface area (TPSA) is 72.0 Å². The standard InChI is InChI=1S/C11H8BrClFN3O2S/c12-8-1-2-10(14)7(3-8)4-17-20(18,19)9-5-15-11(13)16-6-9/h1-3,5-6,17H,4H2. The number of aromatic nitrogens is 2. The van der Waals surface area contributed by atoms with Crippen molar-refractivity contribution < 1.29 is 12.8 Å². The second kappa shape index (κ2) is 6.13. The summed E-state index contributed by atoms with van der Waals surface area (Å²) >= 11 is 8.67. The van der Waals surface area contributed by atoms with Gasteiger partial charge in [-0.25, -0.2) is 27.5 Å². The SMILES string of the molecule is O=S(=O)(NCc1cc(Br)ccc1F)c1cnc(Cl)nc1. The Morgan fingerprint density at radius 3 is 2.60 bits per heavy atom. The molecule has 0 aliphatic rings. The monoisotopic (exact) mass is 379 g/mol. The van der Waals surface area contributed by atoms with Crippen molar-refractivity contribution in [2.24, 2.45) is 0 Å². The average molecular weight is 381 g/mol. The fraction of sp³-hybridized carbons (Fsp3) is 0.0909. The van der Waals surface area contributed by atoms with Crippen LogP contribution in [0.5, 0.6) is 0 Å². The Bertz CT molecular complexity index is 725. The molecule has 0 radical (unpaired) electrons. The highest BCUT2D eigenvalue weighted by molar-refractivity contribution is 9.10. The molecule has 2 aromatic rings. The summed E-state index contributed by atoms with van der Waals surface area (Å²) in [4.78, 5) is 7.03. The summed E-state index contributed by atoms with van der Waals surface area (Å²) in [5.41, 5.74) is 0.220. The highest BCUT2D eigenvalue weighted by atomic mass is 79.9. The lowest BCUT2D eigenvalue weighted by Gasteiger charge is -2.07. The fourth-order valence-corrected chi connectivity index (χ4v) is 2.78. The van der Waals surface area contributed by atoms with Crippen molar-refractivity contribution in [3.63, 3.8) is 0 Å². The number of nitrogens with one attached hydrogen (secondary N) is 1. The fourth-order valence-electron chi connectivity index (χ4n) is 1.37. The van der Waals surface area contributed by atoms with Crippen LogP contribution in [-0.2, 0) is 16.6 Å². The molecule has 20 heavy (non-hydrogen) atoms. The summed E-state index contributed by atoms with van der Waals surface area (Å²) in [5.74, 6) is -0.497. The Morgan fingerprint density at radius 1 is 1.30 bits per heavy atom. The van der Waals surface area contributed by atoms with E-state index in [-0.39, 0.29) is 22.3 Å². The van der Waals surface area contributed by atoms with E-state index in [4.69, 9.17) is 11.6 Å². The highest BCUT2D eigenvalue weighted by Gasteiger charge is 2.16. The quantitative estimate of drug-likeness (QED) is 0.827. The lowest BCUT2D eigenvalue weighted by molar-refractivity contribution is 0.573. The van der Waals surface area contributed by atoms with E-state index in [0.717, 1.165) is 12.4 Å². The van der Waals surface area contributed by atoms with Gasteiger partial charge in [-0.3, -0.25) is 0 Å². The maximum atomic E-state index is 13.5. The van der Waals surface area contributed by atoms with Gasteiger partial charge in [0.15, 0.2) is 0 Å². The van der Waals surface area contributed by atoms with Crippen LogP contribution in [0, 0.1) is 5.82 Å². The van der Waals surface area contributed by atoms with E-state index in [1.807, 2.05) is 0 Å². The molecule has 1 aromatic carbocycles. The van der Waals surface area contributed by atoms with Crippen molar-refractivity contribution in [3.05, 3.63) is 51.7 Å². The smallest absolute Gasteiger partial charge is 0.225 e. The minimum absolute atomic E-state index is 0.0537. The van der Waals surface area contributed by atoms with Gasteiger partial charge >= 0.3 is 0 Å². The number of rotatable bonds is 4. The van der Waals surface area contributed by atoms with Gasteiger partial charge in [-0.2, -0.15) is 0 Å². The Balaban J connectivity index is 2.17. The first-order valence-electron chi connectivity index (χ1n) is 5.29. The van der Waals surface area contributed by atoms with Crippen LogP contribution in [0.4, 0.5) is 4.39 Å². The maximum Gasteiger partial charge on any atom is 0.243 e. The molecule has 5 nitrogen and oxygen atoms in total. The van der Waals surface area contributed by atoms with Crippen molar-refractivity contribution in [3.8, 4) is 0 Å². The Hall–Kier alpha value is -1.09. The molecule has 2 rings (SSSR count). The summed E-state index contributed by atoms with van der Waals surface area (Å²) in [6.45, 7) is -0.184. The predicted octanol–water partition coefficient (Wildman–Crippen LogP) is 2.51. The molecule has 0 spiro atoms. The van der Waals surface area contributed by atoms with Crippen LogP contribution < -0.4 is 4.72 Å². The van der Waals surface area contributed by atoms with E-state index < -0.39 is 15.8 Å². The summed E-state index contributed by atoms with van der Waals surface area (Å²) in [6, 6.07) is 4.27. The zero-order valence-corrected chi connectivity index (χ0v) is 13.0. The van der Waals surface area contributed by atoms with Crippen LogP contribution in [0.3, 0.4) is 0 Å². The number of nitrogens with zero attached hydrogens (tertiary/aromatic N) is 2. The van der Waals surface area contributed by atoms with Crippen molar-refractivity contribution in [2.45, 2.75) is 11.4 Å². The molecular formula is C11H8BrClFN3O2S. The van der Waals surface area contributed by atoms with Gasteiger partial charge in [-0.15, -0.1) is 0 Å². The average Bonchev–Trinajstić information content (AvgIpc) is 2.40. The lowest BCUT2D eigenvalue weighted by atomic mass is 10.2. The van der Waals surface area contributed by atoms with E-state index in [9.17, 15) is 12.8 Å². The molecule has 0 aliphatic carbocycles. The molecular weight excluding hydrogens is 373 g/mol. The highest BCUT2D eigenvalue weighted by Crippen LogP contribution is 2.16. The molecule has 0 saturated heterocycles. The van der Waals surface area contributed by atoms with E-state index in [1.165, 1.54) is 18.2 Å². The van der Waals surface area contributed by atoms with Gasteiger partial charge in [0.1, 0.15) is 10.7 Å². The first-order valence-corrected chi connectivity index (χ1v) is 7.95. The van der Waals surface area contributed by atoms with Crippen molar-refractivity contribution >= 4 is 37.6 Å². The van der Waals surface area contributed by atoms with Crippen molar-refractivity contribution in [2.75, 3.05) is 0 Å². The molecule has 0 atom stereocenters. The first-order chi connectivity index (χ1) is 9.38. The van der Waals surface area contributed by atoms with Gasteiger partial charge in [0, 0.05) is 16.6 Å². The second-order valence-electron chi connectivity index (χ2n) is 3.75. The third-order valence-electron chi connectivity index (χ3n) is 2.37. The molecule has 106 valence electrons. The molecule has 1 heterocycles. The zero-order chi connectivity index (χ0) is 14.8. The predicted molar refractivity (Wildman–Crippen MR) is 75.2 cm³/mol. The van der Waals surface area contributed by atoms with Crippen LogP contribution in [0.2, 0.25) is 5.28 Å². The van der Waals surface area contributed by atoms with Gasteiger partial charge in [0.2, 0.25) is 15.3 Å². The Morgan fingerprint density at radius 2 is 1.95 bits per heavy atom. The van der Waals surface area contributed by atoms with E-state index >= 15 is 0 Å². The molecule has 0 amide bonds. The van der Waals surface area contributed by atoms with Crippen LogP contribution in [0.25, 0.3) is 0 Å². The van der Waals surface area contributed by atoms with E-state index in [2.05, 4.69) is 30.6 Å². The number of hydrogen-bond donors (Lipinski definition) is 1. The number of benzene rings is 1. The maximum absolute atomic E-state index is 13.5.